The van der Waals surface area contributed by atoms with Gasteiger partial charge in [-0.15, -0.1) is 11.3 Å². The Kier molecular flexibility index (Phi) is 3.30. The van der Waals surface area contributed by atoms with Crippen molar-refractivity contribution in [2.75, 3.05) is 7.11 Å². The van der Waals surface area contributed by atoms with Gasteiger partial charge in [0, 0.05) is 18.7 Å². The summed E-state index contributed by atoms with van der Waals surface area (Å²) in [6.45, 7) is 0.515. The van der Waals surface area contributed by atoms with E-state index in [1.807, 2.05) is 5.38 Å². The molecule has 0 radical (unpaired) electrons. The number of nitrogens with zero attached hydrogens (tertiary/aromatic N) is 2. The van der Waals surface area contributed by atoms with E-state index in [2.05, 4.69) is 9.97 Å². The van der Waals surface area contributed by atoms with Crippen molar-refractivity contribution in [1.29, 1.82) is 0 Å². The zero-order chi connectivity index (χ0) is 10.7. The number of hydrogen-bond acceptors (Lipinski definition) is 4. The molecule has 0 fully saturated rings. The number of pyridine rings is 1. The minimum Gasteiger partial charge on any atom is -0.378 e. The highest BCUT2D eigenvalue weighted by atomic mass is 35.5. The molecule has 0 bridgehead atoms. The second-order valence-corrected chi connectivity index (χ2v) is 4.18. The summed E-state index contributed by atoms with van der Waals surface area (Å²) < 4.78 is 5.00. The Bertz CT molecular complexity index is 458. The van der Waals surface area contributed by atoms with Gasteiger partial charge in [0.15, 0.2) is 0 Å². The molecule has 0 aliphatic heterocycles. The van der Waals surface area contributed by atoms with Gasteiger partial charge in [-0.1, -0.05) is 11.6 Å². The van der Waals surface area contributed by atoms with E-state index < -0.39 is 0 Å². The fraction of sp³-hybridized carbons (Fsp3) is 0.200. The van der Waals surface area contributed by atoms with Gasteiger partial charge in [-0.25, -0.2) is 4.98 Å². The number of ether oxygens (including phenoxy) is 1. The molecule has 0 saturated heterocycles. The summed E-state index contributed by atoms with van der Waals surface area (Å²) in [5.41, 5.74) is 1.63. The maximum atomic E-state index is 6.02. The number of rotatable bonds is 3. The summed E-state index contributed by atoms with van der Waals surface area (Å²) in [5, 5.41) is 3.40. The predicted molar refractivity (Wildman–Crippen MR) is 61.1 cm³/mol. The van der Waals surface area contributed by atoms with Crippen LogP contribution < -0.4 is 0 Å². The summed E-state index contributed by atoms with van der Waals surface area (Å²) in [5.74, 6) is 0. The van der Waals surface area contributed by atoms with Crippen molar-refractivity contribution >= 4 is 22.9 Å². The van der Waals surface area contributed by atoms with E-state index in [4.69, 9.17) is 16.3 Å². The third kappa shape index (κ3) is 2.34. The Morgan fingerprint density at radius 2 is 2.40 bits per heavy atom. The van der Waals surface area contributed by atoms with E-state index in [1.54, 1.807) is 25.4 Å². The van der Waals surface area contributed by atoms with E-state index in [9.17, 15) is 0 Å². The van der Waals surface area contributed by atoms with Crippen LogP contribution in [0.2, 0.25) is 5.02 Å². The molecule has 0 amide bonds. The quantitative estimate of drug-likeness (QED) is 0.827. The highest BCUT2D eigenvalue weighted by Crippen LogP contribution is 2.27. The summed E-state index contributed by atoms with van der Waals surface area (Å²) in [6.07, 6.45) is 1.71. The molecule has 2 rings (SSSR count). The standard InChI is InChI=1S/C10H9ClN2OS/c1-14-5-7-6-15-10(13-7)9-8(11)3-2-4-12-9/h2-4,6H,5H2,1H3. The molecule has 0 aromatic carbocycles. The normalized spacial score (nSPS) is 10.5. The molecule has 0 spiro atoms. The lowest BCUT2D eigenvalue weighted by atomic mass is 10.3. The van der Waals surface area contributed by atoms with Crippen LogP contribution >= 0.6 is 22.9 Å². The minimum absolute atomic E-state index is 0.515. The molecule has 2 heterocycles. The molecule has 0 unspecified atom stereocenters. The lowest BCUT2D eigenvalue weighted by Gasteiger charge is -1.97. The van der Waals surface area contributed by atoms with Crippen molar-refractivity contribution in [2.45, 2.75) is 6.61 Å². The molecule has 0 aliphatic carbocycles. The molecular formula is C10H9ClN2OS. The van der Waals surface area contributed by atoms with Crippen molar-refractivity contribution < 1.29 is 4.74 Å². The van der Waals surface area contributed by atoms with Gasteiger partial charge in [-0.2, -0.15) is 0 Å². The molecule has 78 valence electrons. The van der Waals surface area contributed by atoms with Crippen molar-refractivity contribution in [3.05, 3.63) is 34.4 Å². The predicted octanol–water partition coefficient (Wildman–Crippen LogP) is 3.00. The van der Waals surface area contributed by atoms with Crippen LogP contribution in [-0.2, 0) is 11.3 Å². The fourth-order valence-electron chi connectivity index (χ4n) is 1.17. The molecule has 15 heavy (non-hydrogen) atoms. The zero-order valence-corrected chi connectivity index (χ0v) is 9.68. The minimum atomic E-state index is 0.515. The average molecular weight is 241 g/mol. The van der Waals surface area contributed by atoms with Crippen LogP contribution in [0.1, 0.15) is 5.69 Å². The summed E-state index contributed by atoms with van der Waals surface area (Å²) >= 11 is 7.54. The average Bonchev–Trinajstić information content (AvgIpc) is 2.68. The first-order chi connectivity index (χ1) is 7.31. The topological polar surface area (TPSA) is 35.0 Å². The zero-order valence-electron chi connectivity index (χ0n) is 8.11. The Labute approximate surface area is 96.7 Å². The summed E-state index contributed by atoms with van der Waals surface area (Å²) in [7, 11) is 1.65. The maximum absolute atomic E-state index is 6.02. The largest absolute Gasteiger partial charge is 0.378 e. The fourth-order valence-corrected chi connectivity index (χ4v) is 2.25. The van der Waals surface area contributed by atoms with E-state index in [-0.39, 0.29) is 0 Å². The molecule has 0 aliphatic rings. The lowest BCUT2D eigenvalue weighted by molar-refractivity contribution is 0.182. The molecule has 2 aromatic heterocycles. The van der Waals surface area contributed by atoms with Gasteiger partial charge < -0.3 is 4.74 Å². The van der Waals surface area contributed by atoms with E-state index in [0.717, 1.165) is 16.4 Å². The number of methoxy groups -OCH3 is 1. The van der Waals surface area contributed by atoms with Crippen LogP contribution in [-0.4, -0.2) is 17.1 Å². The number of hydrogen-bond donors (Lipinski definition) is 0. The first-order valence-corrected chi connectivity index (χ1v) is 5.61. The van der Waals surface area contributed by atoms with Crippen molar-refractivity contribution in [3.63, 3.8) is 0 Å². The first kappa shape index (κ1) is 10.5. The van der Waals surface area contributed by atoms with E-state index in [0.29, 0.717) is 11.6 Å². The Morgan fingerprint density at radius 1 is 1.53 bits per heavy atom. The summed E-state index contributed by atoms with van der Waals surface area (Å²) in [4.78, 5) is 8.57. The van der Waals surface area contributed by atoms with Gasteiger partial charge in [0.1, 0.15) is 10.7 Å². The number of thiazole rings is 1. The highest BCUT2D eigenvalue weighted by molar-refractivity contribution is 7.13. The van der Waals surface area contributed by atoms with Crippen LogP contribution in [0.25, 0.3) is 10.7 Å². The van der Waals surface area contributed by atoms with Crippen molar-refractivity contribution in [1.82, 2.24) is 9.97 Å². The SMILES string of the molecule is COCc1csc(-c2ncccc2Cl)n1. The van der Waals surface area contributed by atoms with Crippen LogP contribution in [0.5, 0.6) is 0 Å². The summed E-state index contributed by atoms with van der Waals surface area (Å²) in [6, 6.07) is 3.61. The van der Waals surface area contributed by atoms with Crippen LogP contribution in [0.4, 0.5) is 0 Å². The van der Waals surface area contributed by atoms with Gasteiger partial charge >= 0.3 is 0 Å². The molecule has 0 saturated carbocycles. The molecule has 0 N–H and O–H groups in total. The van der Waals surface area contributed by atoms with Crippen molar-refractivity contribution in [3.8, 4) is 10.7 Å². The molecule has 2 aromatic rings. The van der Waals surface area contributed by atoms with Gasteiger partial charge in [-0.05, 0) is 12.1 Å². The number of halogens is 1. The van der Waals surface area contributed by atoms with Gasteiger partial charge in [0.05, 0.1) is 17.3 Å². The Hall–Kier alpha value is -0.970. The van der Waals surface area contributed by atoms with Gasteiger partial charge in [0.2, 0.25) is 0 Å². The number of aromatic nitrogens is 2. The molecule has 5 heteroatoms. The third-order valence-corrected chi connectivity index (χ3v) is 3.01. The lowest BCUT2D eigenvalue weighted by Crippen LogP contribution is -1.88. The molecule has 3 nitrogen and oxygen atoms in total. The molecular weight excluding hydrogens is 232 g/mol. The Morgan fingerprint density at radius 3 is 3.13 bits per heavy atom. The monoisotopic (exact) mass is 240 g/mol. The molecule has 0 atom stereocenters. The van der Waals surface area contributed by atoms with E-state index in [1.165, 1.54) is 11.3 Å². The third-order valence-electron chi connectivity index (χ3n) is 1.81. The van der Waals surface area contributed by atoms with E-state index >= 15 is 0 Å². The highest BCUT2D eigenvalue weighted by Gasteiger charge is 2.08. The van der Waals surface area contributed by atoms with Gasteiger partial charge in [0.25, 0.3) is 0 Å². The van der Waals surface area contributed by atoms with Crippen LogP contribution in [0.15, 0.2) is 23.7 Å². The Balaban J connectivity index is 2.33. The van der Waals surface area contributed by atoms with Crippen LogP contribution in [0.3, 0.4) is 0 Å². The van der Waals surface area contributed by atoms with Gasteiger partial charge in [-0.3, -0.25) is 4.98 Å². The first-order valence-electron chi connectivity index (χ1n) is 4.35. The van der Waals surface area contributed by atoms with Crippen LogP contribution in [0, 0.1) is 0 Å². The second kappa shape index (κ2) is 4.70. The second-order valence-electron chi connectivity index (χ2n) is 2.91. The maximum Gasteiger partial charge on any atom is 0.143 e. The smallest absolute Gasteiger partial charge is 0.143 e. The van der Waals surface area contributed by atoms with Crippen molar-refractivity contribution in [2.24, 2.45) is 0 Å².